The van der Waals surface area contributed by atoms with Gasteiger partial charge in [-0.15, -0.1) is 0 Å². The Kier molecular flexibility index (Phi) is 6.30. The first-order chi connectivity index (χ1) is 13.8. The van der Waals surface area contributed by atoms with Crippen molar-refractivity contribution in [3.05, 3.63) is 53.7 Å². The van der Waals surface area contributed by atoms with Gasteiger partial charge < -0.3 is 0 Å². The molecule has 1 aliphatic heterocycles. The predicted octanol–water partition coefficient (Wildman–Crippen LogP) is 3.60. The van der Waals surface area contributed by atoms with E-state index in [1.54, 1.807) is 0 Å². The number of halogens is 3. The molecule has 0 bridgehead atoms. The molecule has 8 heteroatoms. The molecule has 0 saturated carbocycles. The van der Waals surface area contributed by atoms with Crippen LogP contribution in [0.2, 0.25) is 0 Å². The van der Waals surface area contributed by atoms with E-state index in [9.17, 15) is 18.0 Å². The second-order valence-electron chi connectivity index (χ2n) is 7.28. The molecular weight excluding hydrogens is 381 g/mol. The number of aryl methyl sites for hydroxylation is 1. The maximum atomic E-state index is 12.7. The molecule has 1 amide bonds. The third-order valence-corrected chi connectivity index (χ3v) is 5.24. The Hall–Kier alpha value is -2.77. The quantitative estimate of drug-likeness (QED) is 0.771. The van der Waals surface area contributed by atoms with E-state index < -0.39 is 11.7 Å². The van der Waals surface area contributed by atoms with Gasteiger partial charge in [-0.25, -0.2) is 4.98 Å². The summed E-state index contributed by atoms with van der Waals surface area (Å²) in [5.41, 5.74) is 4.38. The van der Waals surface area contributed by atoms with Crippen molar-refractivity contribution in [2.45, 2.75) is 32.9 Å². The molecule has 5 nitrogen and oxygen atoms in total. The summed E-state index contributed by atoms with van der Waals surface area (Å²) in [6.45, 7) is 5.85. The second kappa shape index (κ2) is 8.71. The minimum absolute atomic E-state index is 0.0246. The zero-order valence-electron chi connectivity index (χ0n) is 16.6. The number of carbonyl (C=O) groups is 1. The molecule has 1 aromatic heterocycles. The Balaban J connectivity index is 1.55. The lowest BCUT2D eigenvalue weighted by Gasteiger charge is -2.30. The molecule has 1 aliphatic rings. The summed E-state index contributed by atoms with van der Waals surface area (Å²) in [6.07, 6.45) is -2.09. The molecule has 1 fully saturated rings. The molecule has 2 heterocycles. The number of pyridine rings is 1. The SMILES string of the molecule is CCN(NC(=O)C1CCN(c2ccc(C(F)(F)F)c[nH+]2)CC1)c1ccc(C)cc1. The van der Waals surface area contributed by atoms with Crippen LogP contribution in [0.15, 0.2) is 42.6 Å². The number of nitrogens with zero attached hydrogens (tertiary/aromatic N) is 2. The number of hydrazine groups is 1. The molecule has 1 aromatic carbocycles. The number of piperidine rings is 1. The fourth-order valence-corrected chi connectivity index (χ4v) is 3.45. The van der Waals surface area contributed by atoms with Crippen LogP contribution in [0.1, 0.15) is 30.9 Å². The standard InChI is InChI=1S/C21H25F3N4O/c1-3-28(18-7-4-15(2)5-8-18)26-20(29)16-10-12-27(13-11-16)19-9-6-17(14-25-19)21(22,23)24/h4-9,14,16H,3,10-13H2,1-2H3,(H,26,29)/p+1. The van der Waals surface area contributed by atoms with E-state index in [-0.39, 0.29) is 11.8 Å². The smallest absolute Gasteiger partial charge is 0.286 e. The van der Waals surface area contributed by atoms with Crippen LogP contribution in [0, 0.1) is 12.8 Å². The second-order valence-corrected chi connectivity index (χ2v) is 7.28. The van der Waals surface area contributed by atoms with Crippen LogP contribution in [0.3, 0.4) is 0 Å². The van der Waals surface area contributed by atoms with E-state index in [1.807, 2.05) is 48.0 Å². The van der Waals surface area contributed by atoms with E-state index in [2.05, 4.69) is 10.4 Å². The third-order valence-electron chi connectivity index (χ3n) is 5.24. The zero-order valence-corrected chi connectivity index (χ0v) is 16.6. The fourth-order valence-electron chi connectivity index (χ4n) is 3.45. The highest BCUT2D eigenvalue weighted by molar-refractivity contribution is 5.80. The van der Waals surface area contributed by atoms with Crippen molar-refractivity contribution in [1.29, 1.82) is 0 Å². The van der Waals surface area contributed by atoms with Crippen molar-refractivity contribution in [1.82, 2.24) is 5.43 Å². The van der Waals surface area contributed by atoms with Crippen molar-refractivity contribution in [3.63, 3.8) is 0 Å². The van der Waals surface area contributed by atoms with Crippen molar-refractivity contribution in [2.75, 3.05) is 29.5 Å². The number of alkyl halides is 3. The van der Waals surface area contributed by atoms with Gasteiger partial charge in [0.15, 0.2) is 0 Å². The van der Waals surface area contributed by atoms with Gasteiger partial charge in [0.1, 0.15) is 6.20 Å². The Bertz CT molecular complexity index is 813. The highest BCUT2D eigenvalue weighted by Crippen LogP contribution is 2.29. The maximum Gasteiger partial charge on any atom is 0.419 e. The maximum absolute atomic E-state index is 12.7. The zero-order chi connectivity index (χ0) is 21.0. The van der Waals surface area contributed by atoms with E-state index in [1.165, 1.54) is 6.07 Å². The van der Waals surface area contributed by atoms with Crippen LogP contribution in [-0.2, 0) is 11.0 Å². The summed E-state index contributed by atoms with van der Waals surface area (Å²) < 4.78 is 38.1. The van der Waals surface area contributed by atoms with Crippen molar-refractivity contribution >= 4 is 17.4 Å². The van der Waals surface area contributed by atoms with Gasteiger partial charge in [0.25, 0.3) is 5.82 Å². The van der Waals surface area contributed by atoms with Gasteiger partial charge >= 0.3 is 6.18 Å². The van der Waals surface area contributed by atoms with Gasteiger partial charge in [-0.2, -0.15) is 13.2 Å². The molecule has 2 N–H and O–H groups in total. The number of aromatic amines is 1. The number of amides is 1. The highest BCUT2D eigenvalue weighted by atomic mass is 19.4. The lowest BCUT2D eigenvalue weighted by Crippen LogP contribution is -2.48. The molecule has 0 spiro atoms. The number of nitrogens with one attached hydrogen (secondary N) is 2. The Morgan fingerprint density at radius 2 is 1.83 bits per heavy atom. The number of hydrogen-bond donors (Lipinski definition) is 1. The van der Waals surface area contributed by atoms with E-state index in [0.29, 0.717) is 38.3 Å². The third kappa shape index (κ3) is 5.19. The first kappa shape index (κ1) is 21.0. The molecule has 1 saturated heterocycles. The van der Waals surface area contributed by atoms with Crippen molar-refractivity contribution in [3.8, 4) is 0 Å². The van der Waals surface area contributed by atoms with E-state index in [4.69, 9.17) is 0 Å². The molecule has 2 aromatic rings. The van der Waals surface area contributed by atoms with Gasteiger partial charge in [0.2, 0.25) is 5.91 Å². The topological polar surface area (TPSA) is 49.7 Å². The Morgan fingerprint density at radius 1 is 1.17 bits per heavy atom. The highest BCUT2D eigenvalue weighted by Gasteiger charge is 2.33. The number of aromatic nitrogens is 1. The van der Waals surface area contributed by atoms with Crippen molar-refractivity contribution in [2.24, 2.45) is 5.92 Å². The monoisotopic (exact) mass is 407 g/mol. The van der Waals surface area contributed by atoms with Gasteiger partial charge in [-0.1, -0.05) is 17.7 Å². The molecule has 29 heavy (non-hydrogen) atoms. The number of carbonyl (C=O) groups excluding carboxylic acids is 1. The summed E-state index contributed by atoms with van der Waals surface area (Å²) in [5, 5.41) is 1.83. The first-order valence-corrected chi connectivity index (χ1v) is 9.76. The summed E-state index contributed by atoms with van der Waals surface area (Å²) in [5.74, 6) is 0.482. The number of H-pyrrole nitrogens is 1. The predicted molar refractivity (Wildman–Crippen MR) is 105 cm³/mol. The minimum atomic E-state index is -4.36. The van der Waals surface area contributed by atoms with Crippen molar-refractivity contribution < 1.29 is 22.9 Å². The van der Waals surface area contributed by atoms with Gasteiger partial charge in [-0.3, -0.25) is 20.1 Å². The van der Waals surface area contributed by atoms with Crippen LogP contribution in [-0.4, -0.2) is 25.5 Å². The van der Waals surface area contributed by atoms with Gasteiger partial charge in [-0.05, 0) is 44.9 Å². The van der Waals surface area contributed by atoms with Gasteiger partial charge in [0.05, 0.1) is 24.3 Å². The Labute approximate surface area is 168 Å². The molecule has 0 atom stereocenters. The largest absolute Gasteiger partial charge is 0.419 e. The van der Waals surface area contributed by atoms with E-state index >= 15 is 0 Å². The number of hydrogen-bond acceptors (Lipinski definition) is 3. The lowest BCUT2D eigenvalue weighted by molar-refractivity contribution is -0.367. The first-order valence-electron chi connectivity index (χ1n) is 9.76. The molecular formula is C21H26F3N4O+. The number of benzene rings is 1. The summed E-state index contributed by atoms with van der Waals surface area (Å²) in [6, 6.07) is 10.5. The molecule has 0 radical (unpaired) electrons. The minimum Gasteiger partial charge on any atom is -0.286 e. The normalized spacial score (nSPS) is 15.3. The van der Waals surface area contributed by atoms with Crippen LogP contribution in [0.25, 0.3) is 0 Å². The number of anilines is 2. The van der Waals surface area contributed by atoms with Gasteiger partial charge in [0, 0.05) is 18.5 Å². The average molecular weight is 407 g/mol. The summed E-state index contributed by atoms with van der Waals surface area (Å²) in [4.78, 5) is 17.4. The summed E-state index contributed by atoms with van der Waals surface area (Å²) >= 11 is 0. The summed E-state index contributed by atoms with van der Waals surface area (Å²) in [7, 11) is 0. The molecule has 156 valence electrons. The van der Waals surface area contributed by atoms with E-state index in [0.717, 1.165) is 23.5 Å². The molecule has 0 unspecified atom stereocenters. The average Bonchev–Trinajstić information content (AvgIpc) is 2.72. The Morgan fingerprint density at radius 3 is 2.34 bits per heavy atom. The number of rotatable bonds is 5. The van der Waals surface area contributed by atoms with Crippen LogP contribution in [0.5, 0.6) is 0 Å². The lowest BCUT2D eigenvalue weighted by atomic mass is 9.96. The molecule has 3 rings (SSSR count). The molecule has 0 aliphatic carbocycles. The fraction of sp³-hybridized carbons (Fsp3) is 0.429. The van der Waals surface area contributed by atoms with Crippen LogP contribution in [0.4, 0.5) is 24.7 Å². The van der Waals surface area contributed by atoms with Crippen LogP contribution >= 0.6 is 0 Å². The van der Waals surface area contributed by atoms with Crippen LogP contribution < -0.4 is 20.3 Å².